The molecule has 0 aliphatic rings. The lowest BCUT2D eigenvalue weighted by molar-refractivity contribution is 0.0600. The van der Waals surface area contributed by atoms with Gasteiger partial charge in [0.15, 0.2) is 0 Å². The van der Waals surface area contributed by atoms with E-state index < -0.39 is 11.8 Å². The van der Waals surface area contributed by atoms with Gasteiger partial charge in [-0.05, 0) is 34.7 Å². The number of halogens is 2. The topological polar surface area (TPSA) is 50.1 Å². The van der Waals surface area contributed by atoms with Crippen molar-refractivity contribution in [2.24, 2.45) is 0 Å². The summed E-state index contributed by atoms with van der Waals surface area (Å²) >= 11 is 1.74. The van der Waals surface area contributed by atoms with Crippen molar-refractivity contribution in [2.45, 2.75) is 0 Å². The Labute approximate surface area is 93.6 Å². The van der Waals surface area contributed by atoms with Crippen molar-refractivity contribution in [3.8, 4) is 6.07 Å². The van der Waals surface area contributed by atoms with Crippen molar-refractivity contribution in [3.05, 3.63) is 32.6 Å². The van der Waals surface area contributed by atoms with E-state index in [1.807, 2.05) is 0 Å². The molecule has 0 aliphatic heterocycles. The Hall–Kier alpha value is -1.16. The maximum absolute atomic E-state index is 13.0. The minimum atomic E-state index is -0.639. The zero-order valence-corrected chi connectivity index (χ0v) is 9.33. The highest BCUT2D eigenvalue weighted by Gasteiger charge is 2.14. The molecule has 1 aromatic carbocycles. The van der Waals surface area contributed by atoms with Gasteiger partial charge >= 0.3 is 5.97 Å². The van der Waals surface area contributed by atoms with Gasteiger partial charge in [0, 0.05) is 3.57 Å². The van der Waals surface area contributed by atoms with Crippen molar-refractivity contribution in [2.75, 3.05) is 7.11 Å². The zero-order valence-electron chi connectivity index (χ0n) is 7.17. The molecular weight excluding hydrogens is 300 g/mol. The number of rotatable bonds is 1. The summed E-state index contributed by atoms with van der Waals surface area (Å²) in [6, 6.07) is 4.05. The summed E-state index contributed by atoms with van der Waals surface area (Å²) in [5.74, 6) is -1.16. The smallest absolute Gasteiger partial charge is 0.339 e. The molecule has 1 aromatic rings. The molecule has 0 unspecified atom stereocenters. The average Bonchev–Trinajstić information content (AvgIpc) is 2.20. The van der Waals surface area contributed by atoms with Crippen LogP contribution in [0.15, 0.2) is 12.1 Å². The van der Waals surface area contributed by atoms with Crippen LogP contribution in [0.1, 0.15) is 15.9 Å². The lowest BCUT2D eigenvalue weighted by Gasteiger charge is -2.02. The standard InChI is InChI=1S/C9H5FINO2/c1-14-9(13)6-3-8(11)7(10)2-5(6)4-12/h2-3H,1H3. The minimum absolute atomic E-state index is 0.0187. The predicted octanol–water partition coefficient (Wildman–Crippen LogP) is 2.09. The molecule has 0 saturated carbocycles. The number of nitrogens with zero attached hydrogens (tertiary/aromatic N) is 1. The first-order valence-electron chi connectivity index (χ1n) is 3.57. The van der Waals surface area contributed by atoms with E-state index in [-0.39, 0.29) is 14.7 Å². The van der Waals surface area contributed by atoms with Crippen LogP contribution >= 0.6 is 22.6 Å². The molecule has 0 atom stereocenters. The predicted molar refractivity (Wildman–Crippen MR) is 55.2 cm³/mol. The SMILES string of the molecule is COC(=O)c1cc(I)c(F)cc1C#N. The van der Waals surface area contributed by atoms with E-state index in [0.29, 0.717) is 0 Å². The van der Waals surface area contributed by atoms with Gasteiger partial charge in [0.1, 0.15) is 11.9 Å². The van der Waals surface area contributed by atoms with Crippen molar-refractivity contribution in [1.82, 2.24) is 0 Å². The van der Waals surface area contributed by atoms with Crippen molar-refractivity contribution in [1.29, 1.82) is 5.26 Å². The number of methoxy groups -OCH3 is 1. The molecule has 0 N–H and O–H groups in total. The Bertz CT molecular complexity index is 426. The maximum Gasteiger partial charge on any atom is 0.339 e. The van der Waals surface area contributed by atoms with Gasteiger partial charge in [-0.1, -0.05) is 0 Å². The molecule has 72 valence electrons. The molecule has 0 heterocycles. The van der Waals surface area contributed by atoms with E-state index in [1.54, 1.807) is 28.7 Å². The second kappa shape index (κ2) is 4.37. The fourth-order valence-electron chi connectivity index (χ4n) is 0.918. The second-order valence-electron chi connectivity index (χ2n) is 2.42. The summed E-state index contributed by atoms with van der Waals surface area (Å²) in [7, 11) is 1.21. The summed E-state index contributed by atoms with van der Waals surface area (Å²) in [5.41, 5.74) is 0.0653. The molecule has 1 rings (SSSR count). The Morgan fingerprint density at radius 3 is 2.79 bits per heavy atom. The largest absolute Gasteiger partial charge is 0.465 e. The summed E-state index contributed by atoms with van der Waals surface area (Å²) in [4.78, 5) is 11.2. The summed E-state index contributed by atoms with van der Waals surface area (Å²) < 4.78 is 17.7. The van der Waals surface area contributed by atoms with Crippen molar-refractivity contribution >= 4 is 28.6 Å². The number of hydrogen-bond donors (Lipinski definition) is 0. The van der Waals surface area contributed by atoms with Crippen LogP contribution < -0.4 is 0 Å². The van der Waals surface area contributed by atoms with Crippen LogP contribution in [-0.4, -0.2) is 13.1 Å². The number of nitriles is 1. The number of benzene rings is 1. The first-order valence-corrected chi connectivity index (χ1v) is 4.65. The number of ether oxygens (including phenoxy) is 1. The molecule has 0 aliphatic carbocycles. The summed E-state index contributed by atoms with van der Waals surface area (Å²) in [5, 5.41) is 8.65. The van der Waals surface area contributed by atoms with Gasteiger partial charge in [-0.25, -0.2) is 9.18 Å². The van der Waals surface area contributed by atoms with E-state index in [1.165, 1.54) is 13.2 Å². The third-order valence-corrected chi connectivity index (χ3v) is 2.41. The highest BCUT2D eigenvalue weighted by molar-refractivity contribution is 14.1. The molecule has 0 radical (unpaired) electrons. The van der Waals surface area contributed by atoms with Crippen LogP contribution in [0, 0.1) is 20.7 Å². The first-order chi connectivity index (χ1) is 6.60. The fourth-order valence-corrected chi connectivity index (χ4v) is 1.39. The van der Waals surface area contributed by atoms with Crippen molar-refractivity contribution < 1.29 is 13.9 Å². The number of carbonyl (C=O) groups is 1. The summed E-state index contributed by atoms with van der Waals surface area (Å²) in [6.07, 6.45) is 0. The Morgan fingerprint density at radius 2 is 2.29 bits per heavy atom. The lowest BCUT2D eigenvalue weighted by atomic mass is 10.1. The third-order valence-electron chi connectivity index (χ3n) is 1.59. The van der Waals surface area contributed by atoms with Crippen LogP contribution in [0.5, 0.6) is 0 Å². The van der Waals surface area contributed by atoms with Crippen LogP contribution in [0.25, 0.3) is 0 Å². The quantitative estimate of drug-likeness (QED) is 0.590. The van der Waals surface area contributed by atoms with Gasteiger partial charge in [0.25, 0.3) is 0 Å². The van der Waals surface area contributed by atoms with Gasteiger partial charge < -0.3 is 4.74 Å². The van der Waals surface area contributed by atoms with E-state index >= 15 is 0 Å². The van der Waals surface area contributed by atoms with Gasteiger partial charge in [0.05, 0.1) is 18.2 Å². The molecule has 0 fully saturated rings. The highest BCUT2D eigenvalue weighted by Crippen LogP contribution is 2.17. The van der Waals surface area contributed by atoms with Gasteiger partial charge in [0.2, 0.25) is 0 Å². The lowest BCUT2D eigenvalue weighted by Crippen LogP contribution is -2.05. The Kier molecular flexibility index (Phi) is 3.41. The molecule has 0 amide bonds. The van der Waals surface area contributed by atoms with Crippen molar-refractivity contribution in [3.63, 3.8) is 0 Å². The number of hydrogen-bond acceptors (Lipinski definition) is 3. The fraction of sp³-hybridized carbons (Fsp3) is 0.111. The summed E-state index contributed by atoms with van der Waals surface area (Å²) in [6.45, 7) is 0. The molecule has 14 heavy (non-hydrogen) atoms. The average molecular weight is 305 g/mol. The molecular formula is C9H5FINO2. The Balaban J connectivity index is 3.36. The molecule has 3 nitrogen and oxygen atoms in total. The van der Waals surface area contributed by atoms with E-state index in [0.717, 1.165) is 6.07 Å². The highest BCUT2D eigenvalue weighted by atomic mass is 127. The normalized spacial score (nSPS) is 9.29. The molecule has 0 spiro atoms. The zero-order chi connectivity index (χ0) is 10.7. The molecule has 5 heteroatoms. The van der Waals surface area contributed by atoms with E-state index in [9.17, 15) is 9.18 Å². The van der Waals surface area contributed by atoms with E-state index in [4.69, 9.17) is 5.26 Å². The minimum Gasteiger partial charge on any atom is -0.465 e. The van der Waals surface area contributed by atoms with Gasteiger partial charge in [-0.2, -0.15) is 5.26 Å². The van der Waals surface area contributed by atoms with Gasteiger partial charge in [-0.15, -0.1) is 0 Å². The number of carbonyl (C=O) groups excluding carboxylic acids is 1. The number of esters is 1. The Morgan fingerprint density at radius 1 is 1.64 bits per heavy atom. The third kappa shape index (κ3) is 2.01. The monoisotopic (exact) mass is 305 g/mol. The van der Waals surface area contributed by atoms with Crippen LogP contribution in [0.3, 0.4) is 0 Å². The van der Waals surface area contributed by atoms with Crippen LogP contribution in [0.2, 0.25) is 0 Å². The van der Waals surface area contributed by atoms with Gasteiger partial charge in [-0.3, -0.25) is 0 Å². The first kappa shape index (κ1) is 10.9. The maximum atomic E-state index is 13.0. The van der Waals surface area contributed by atoms with Crippen LogP contribution in [0.4, 0.5) is 4.39 Å². The molecule has 0 aromatic heterocycles. The van der Waals surface area contributed by atoms with Crippen LogP contribution in [-0.2, 0) is 4.74 Å². The second-order valence-corrected chi connectivity index (χ2v) is 3.58. The molecule has 0 bridgehead atoms. The molecule has 0 saturated heterocycles. The van der Waals surface area contributed by atoms with E-state index in [2.05, 4.69) is 4.74 Å².